The first-order valence-electron chi connectivity index (χ1n) is 11.3. The van der Waals surface area contributed by atoms with Gasteiger partial charge in [0.25, 0.3) is 5.91 Å². The van der Waals surface area contributed by atoms with Gasteiger partial charge in [0.2, 0.25) is 10.0 Å². The van der Waals surface area contributed by atoms with E-state index in [-0.39, 0.29) is 17.4 Å². The van der Waals surface area contributed by atoms with Crippen LogP contribution >= 0.6 is 0 Å². The monoisotopic (exact) mass is 496 g/mol. The van der Waals surface area contributed by atoms with Gasteiger partial charge in [0.05, 0.1) is 18.1 Å². The van der Waals surface area contributed by atoms with Gasteiger partial charge in [0.15, 0.2) is 6.61 Å². The number of aryl methyl sites for hydroxylation is 2. The number of sulfonamides is 1. The van der Waals surface area contributed by atoms with Crippen LogP contribution in [0, 0.1) is 13.8 Å². The van der Waals surface area contributed by atoms with Crippen molar-refractivity contribution < 1.29 is 27.4 Å². The molecule has 0 atom stereocenters. The highest BCUT2D eigenvalue weighted by Gasteiger charge is 2.26. The third kappa shape index (κ3) is 6.39. The molecule has 0 aliphatic carbocycles. The predicted octanol–water partition coefficient (Wildman–Crippen LogP) is 4.13. The van der Waals surface area contributed by atoms with Crippen molar-refractivity contribution in [1.29, 1.82) is 0 Å². The Balaban J connectivity index is 1.30. The van der Waals surface area contributed by atoms with Crippen LogP contribution < -0.4 is 14.8 Å². The summed E-state index contributed by atoms with van der Waals surface area (Å²) in [4.78, 5) is 12.4. The minimum Gasteiger partial charge on any atom is -0.484 e. The smallest absolute Gasteiger partial charge is 0.262 e. The van der Waals surface area contributed by atoms with Crippen molar-refractivity contribution in [3.05, 3.63) is 77.9 Å². The lowest BCUT2D eigenvalue weighted by Crippen LogP contribution is -2.40. The Labute approximate surface area is 205 Å². The molecule has 1 amide bonds. The van der Waals surface area contributed by atoms with E-state index in [0.717, 1.165) is 11.1 Å². The molecule has 0 unspecified atom stereocenters. The van der Waals surface area contributed by atoms with E-state index in [1.54, 1.807) is 36.4 Å². The molecule has 1 N–H and O–H groups in total. The Hall–Kier alpha value is -3.40. The van der Waals surface area contributed by atoms with E-state index < -0.39 is 10.0 Å². The van der Waals surface area contributed by atoms with Crippen molar-refractivity contribution in [3.63, 3.8) is 0 Å². The van der Waals surface area contributed by atoms with Crippen molar-refractivity contribution in [3.8, 4) is 17.2 Å². The molecule has 0 saturated carbocycles. The lowest BCUT2D eigenvalue weighted by Gasteiger charge is -2.26. The minimum absolute atomic E-state index is 0.0968. The van der Waals surface area contributed by atoms with E-state index >= 15 is 0 Å². The van der Waals surface area contributed by atoms with Crippen LogP contribution in [0.2, 0.25) is 0 Å². The van der Waals surface area contributed by atoms with Crippen LogP contribution in [0.4, 0.5) is 5.69 Å². The molecule has 1 fully saturated rings. The lowest BCUT2D eigenvalue weighted by molar-refractivity contribution is -0.118. The maximum Gasteiger partial charge on any atom is 0.262 e. The molecule has 9 heteroatoms. The number of hydrogen-bond acceptors (Lipinski definition) is 6. The van der Waals surface area contributed by atoms with Crippen LogP contribution in [-0.2, 0) is 19.6 Å². The molecular formula is C26H28N2O6S. The Bertz CT molecular complexity index is 1270. The SMILES string of the molecule is Cc1ccc(OCC(=O)Nc2ccc(Oc3ccc(S(=O)(=O)N4CCOCC4)cc3)cc2)cc1C. The summed E-state index contributed by atoms with van der Waals surface area (Å²) in [5.41, 5.74) is 2.88. The van der Waals surface area contributed by atoms with Crippen molar-refractivity contribution >= 4 is 21.6 Å². The highest BCUT2D eigenvalue weighted by molar-refractivity contribution is 7.89. The van der Waals surface area contributed by atoms with E-state index in [0.29, 0.717) is 49.2 Å². The molecular weight excluding hydrogens is 468 g/mol. The van der Waals surface area contributed by atoms with Gasteiger partial charge in [-0.15, -0.1) is 0 Å². The van der Waals surface area contributed by atoms with Crippen molar-refractivity contribution in [1.82, 2.24) is 4.31 Å². The molecule has 0 spiro atoms. The van der Waals surface area contributed by atoms with E-state index in [9.17, 15) is 13.2 Å². The number of carbonyl (C=O) groups excluding carboxylic acids is 1. The second-order valence-corrected chi connectivity index (χ2v) is 10.1. The van der Waals surface area contributed by atoms with Gasteiger partial charge in [0, 0.05) is 18.8 Å². The number of nitrogens with zero attached hydrogens (tertiary/aromatic N) is 1. The standard InChI is InChI=1S/C26H28N2O6S/c1-19-3-6-24(17-20(19)2)33-18-26(29)27-21-4-7-22(8-5-21)34-23-9-11-25(12-10-23)35(30,31)28-13-15-32-16-14-28/h3-12,17H,13-16,18H2,1-2H3,(H,27,29). The average Bonchev–Trinajstić information content (AvgIpc) is 2.87. The van der Waals surface area contributed by atoms with Crippen molar-refractivity contribution in [2.75, 3.05) is 38.2 Å². The van der Waals surface area contributed by atoms with Crippen molar-refractivity contribution in [2.45, 2.75) is 18.7 Å². The minimum atomic E-state index is -3.55. The van der Waals surface area contributed by atoms with E-state index in [1.165, 1.54) is 16.4 Å². The van der Waals surface area contributed by atoms with E-state index in [4.69, 9.17) is 14.2 Å². The third-order valence-electron chi connectivity index (χ3n) is 5.65. The third-order valence-corrected chi connectivity index (χ3v) is 7.57. The molecule has 0 radical (unpaired) electrons. The van der Waals surface area contributed by atoms with Gasteiger partial charge in [-0.05, 0) is 85.6 Å². The second-order valence-electron chi connectivity index (χ2n) is 8.20. The lowest BCUT2D eigenvalue weighted by atomic mass is 10.1. The van der Waals surface area contributed by atoms with Gasteiger partial charge in [-0.2, -0.15) is 4.31 Å². The van der Waals surface area contributed by atoms with Gasteiger partial charge in [-0.3, -0.25) is 4.79 Å². The van der Waals surface area contributed by atoms with Crippen molar-refractivity contribution in [2.24, 2.45) is 0 Å². The van der Waals surface area contributed by atoms with Crippen LogP contribution in [0.25, 0.3) is 0 Å². The average molecular weight is 497 g/mol. The fraction of sp³-hybridized carbons (Fsp3) is 0.269. The van der Waals surface area contributed by atoms with Gasteiger partial charge in [0.1, 0.15) is 17.2 Å². The molecule has 35 heavy (non-hydrogen) atoms. The second kappa shape index (κ2) is 10.9. The Morgan fingerprint density at radius 3 is 2.11 bits per heavy atom. The summed E-state index contributed by atoms with van der Waals surface area (Å²) in [6.07, 6.45) is 0. The maximum absolute atomic E-state index is 12.7. The first-order chi connectivity index (χ1) is 16.8. The zero-order valence-electron chi connectivity index (χ0n) is 19.7. The fourth-order valence-electron chi connectivity index (χ4n) is 3.51. The summed E-state index contributed by atoms with van der Waals surface area (Å²) in [5, 5.41) is 2.78. The van der Waals surface area contributed by atoms with Crippen LogP contribution in [0.5, 0.6) is 17.2 Å². The number of rotatable bonds is 8. The highest BCUT2D eigenvalue weighted by atomic mass is 32.2. The van der Waals surface area contributed by atoms with Gasteiger partial charge in [-0.25, -0.2) is 8.42 Å². The Kier molecular flexibility index (Phi) is 7.70. The van der Waals surface area contributed by atoms with Gasteiger partial charge >= 0.3 is 0 Å². The molecule has 1 aliphatic rings. The number of benzene rings is 3. The maximum atomic E-state index is 12.7. The number of nitrogens with one attached hydrogen (secondary N) is 1. The zero-order valence-corrected chi connectivity index (χ0v) is 20.5. The molecule has 1 aliphatic heterocycles. The molecule has 1 heterocycles. The first kappa shape index (κ1) is 24.7. The summed E-state index contributed by atoms with van der Waals surface area (Å²) in [7, 11) is -3.55. The van der Waals surface area contributed by atoms with Crippen LogP contribution in [0.3, 0.4) is 0 Å². The number of ether oxygens (including phenoxy) is 3. The van der Waals surface area contributed by atoms with Crippen LogP contribution in [0.15, 0.2) is 71.6 Å². The predicted molar refractivity (Wildman–Crippen MR) is 133 cm³/mol. The summed E-state index contributed by atoms with van der Waals surface area (Å²) >= 11 is 0. The summed E-state index contributed by atoms with van der Waals surface area (Å²) in [6.45, 7) is 5.41. The number of carbonyl (C=O) groups is 1. The highest BCUT2D eigenvalue weighted by Crippen LogP contribution is 2.26. The molecule has 0 aromatic heterocycles. The summed E-state index contributed by atoms with van der Waals surface area (Å²) in [5.74, 6) is 1.44. The van der Waals surface area contributed by atoms with Crippen LogP contribution in [0.1, 0.15) is 11.1 Å². The number of hydrogen-bond donors (Lipinski definition) is 1. The summed E-state index contributed by atoms with van der Waals surface area (Å²) < 4.78 is 43.5. The largest absolute Gasteiger partial charge is 0.484 e. The Morgan fingerprint density at radius 2 is 1.49 bits per heavy atom. The normalized spacial score (nSPS) is 14.3. The fourth-order valence-corrected chi connectivity index (χ4v) is 4.92. The Morgan fingerprint density at radius 1 is 0.886 bits per heavy atom. The van der Waals surface area contributed by atoms with E-state index in [2.05, 4.69) is 5.32 Å². The molecule has 3 aromatic carbocycles. The molecule has 1 saturated heterocycles. The van der Waals surface area contributed by atoms with E-state index in [1.807, 2.05) is 32.0 Å². The van der Waals surface area contributed by atoms with Gasteiger partial charge < -0.3 is 19.5 Å². The van der Waals surface area contributed by atoms with Crippen LogP contribution in [-0.4, -0.2) is 51.5 Å². The number of amides is 1. The quantitative estimate of drug-likeness (QED) is 0.504. The van der Waals surface area contributed by atoms with Gasteiger partial charge in [-0.1, -0.05) is 6.07 Å². The number of morpholine rings is 1. The zero-order chi connectivity index (χ0) is 24.8. The molecule has 4 rings (SSSR count). The molecule has 8 nitrogen and oxygen atoms in total. The molecule has 0 bridgehead atoms. The molecule has 184 valence electrons. The first-order valence-corrected chi connectivity index (χ1v) is 12.7. The number of anilines is 1. The summed E-state index contributed by atoms with van der Waals surface area (Å²) in [6, 6.07) is 18.9. The molecule has 3 aromatic rings. The topological polar surface area (TPSA) is 94.2 Å².